The summed E-state index contributed by atoms with van der Waals surface area (Å²) in [5.74, 6) is 0.408. The molecule has 0 aliphatic heterocycles. The summed E-state index contributed by atoms with van der Waals surface area (Å²) in [4.78, 5) is 19.3. The van der Waals surface area contributed by atoms with Crippen molar-refractivity contribution in [3.05, 3.63) is 69.9 Å². The molecule has 2 aromatic carbocycles. The maximum absolute atomic E-state index is 10.8. The third-order valence-electron chi connectivity index (χ3n) is 3.27. The van der Waals surface area contributed by atoms with Gasteiger partial charge in [0.15, 0.2) is 0 Å². The summed E-state index contributed by atoms with van der Waals surface area (Å²) >= 11 is 0. The van der Waals surface area contributed by atoms with Crippen molar-refractivity contribution >= 4 is 28.9 Å². The fraction of sp³-hybridized carbons (Fsp3) is 0.0588. The molecule has 6 nitrogen and oxygen atoms in total. The van der Waals surface area contributed by atoms with E-state index in [0.29, 0.717) is 17.1 Å². The van der Waals surface area contributed by atoms with Gasteiger partial charge in [-0.1, -0.05) is 30.3 Å². The van der Waals surface area contributed by atoms with Gasteiger partial charge in [0.05, 0.1) is 23.1 Å². The average Bonchev–Trinajstić information content (AvgIpc) is 2.59. The zero-order chi connectivity index (χ0) is 16.2. The highest BCUT2D eigenvalue weighted by atomic mass is 16.6. The van der Waals surface area contributed by atoms with Gasteiger partial charge in [0.1, 0.15) is 5.69 Å². The number of benzene rings is 2. The van der Waals surface area contributed by atoms with Crippen LogP contribution in [0.2, 0.25) is 0 Å². The van der Waals surface area contributed by atoms with E-state index in [1.807, 2.05) is 24.3 Å². The van der Waals surface area contributed by atoms with Gasteiger partial charge in [-0.05, 0) is 23.8 Å². The normalized spacial score (nSPS) is 11.0. The van der Waals surface area contributed by atoms with Crippen LogP contribution in [-0.4, -0.2) is 22.0 Å². The van der Waals surface area contributed by atoms with E-state index < -0.39 is 4.92 Å². The first kappa shape index (κ1) is 14.6. The molecule has 3 rings (SSSR count). The molecule has 1 aromatic heterocycles. The van der Waals surface area contributed by atoms with Crippen LogP contribution in [0.15, 0.2) is 48.5 Å². The van der Waals surface area contributed by atoms with Crippen molar-refractivity contribution in [2.24, 2.45) is 0 Å². The first-order valence-electron chi connectivity index (χ1n) is 6.90. The minimum atomic E-state index is -0.423. The van der Waals surface area contributed by atoms with Gasteiger partial charge in [0.2, 0.25) is 5.88 Å². The van der Waals surface area contributed by atoms with Gasteiger partial charge in [0.25, 0.3) is 5.69 Å². The molecule has 0 aliphatic rings. The first-order valence-corrected chi connectivity index (χ1v) is 6.90. The van der Waals surface area contributed by atoms with Crippen LogP contribution in [-0.2, 0) is 0 Å². The molecule has 0 saturated carbocycles. The largest absolute Gasteiger partial charge is 0.479 e. The fourth-order valence-corrected chi connectivity index (χ4v) is 2.17. The summed E-state index contributed by atoms with van der Waals surface area (Å²) in [5, 5.41) is 10.8. The summed E-state index contributed by atoms with van der Waals surface area (Å²) < 4.78 is 5.27. The molecular weight excluding hydrogens is 294 g/mol. The van der Waals surface area contributed by atoms with E-state index in [-0.39, 0.29) is 5.69 Å². The lowest BCUT2D eigenvalue weighted by atomic mass is 10.2. The zero-order valence-electron chi connectivity index (χ0n) is 12.3. The molecule has 1 heterocycles. The molecule has 114 valence electrons. The first-order chi connectivity index (χ1) is 11.2. The summed E-state index contributed by atoms with van der Waals surface area (Å²) in [6.07, 6.45) is 3.48. The van der Waals surface area contributed by atoms with Crippen molar-refractivity contribution < 1.29 is 9.66 Å². The van der Waals surface area contributed by atoms with Gasteiger partial charge >= 0.3 is 0 Å². The number of para-hydroxylation sites is 2. The monoisotopic (exact) mass is 307 g/mol. The van der Waals surface area contributed by atoms with E-state index in [2.05, 4.69) is 9.97 Å². The Kier molecular flexibility index (Phi) is 3.97. The van der Waals surface area contributed by atoms with E-state index in [1.165, 1.54) is 19.2 Å². The Morgan fingerprint density at radius 1 is 1.04 bits per heavy atom. The number of hydrogen-bond donors (Lipinski definition) is 0. The Morgan fingerprint density at radius 2 is 1.78 bits per heavy atom. The summed E-state index contributed by atoms with van der Waals surface area (Å²) in [5.41, 5.74) is 2.82. The molecule has 0 fully saturated rings. The topological polar surface area (TPSA) is 78.2 Å². The molecular formula is C17H13N3O3. The summed E-state index contributed by atoms with van der Waals surface area (Å²) in [6.45, 7) is 0. The van der Waals surface area contributed by atoms with E-state index in [9.17, 15) is 10.1 Å². The van der Waals surface area contributed by atoms with Crippen molar-refractivity contribution in [3.63, 3.8) is 0 Å². The van der Waals surface area contributed by atoms with Crippen molar-refractivity contribution in [1.82, 2.24) is 9.97 Å². The number of hydrogen-bond acceptors (Lipinski definition) is 5. The molecule has 6 heteroatoms. The van der Waals surface area contributed by atoms with Crippen LogP contribution in [0.4, 0.5) is 5.69 Å². The van der Waals surface area contributed by atoms with Gasteiger partial charge in [0, 0.05) is 12.1 Å². The lowest BCUT2D eigenvalue weighted by Crippen LogP contribution is -1.95. The summed E-state index contributed by atoms with van der Waals surface area (Å²) in [7, 11) is 1.53. The number of rotatable bonds is 4. The van der Waals surface area contributed by atoms with Crippen molar-refractivity contribution in [2.45, 2.75) is 0 Å². The highest BCUT2D eigenvalue weighted by Crippen LogP contribution is 2.21. The Morgan fingerprint density at radius 3 is 2.48 bits per heavy atom. The van der Waals surface area contributed by atoms with Crippen LogP contribution in [0, 0.1) is 10.1 Å². The Hall–Kier alpha value is -3.28. The molecule has 0 unspecified atom stereocenters. The fourth-order valence-electron chi connectivity index (χ4n) is 2.17. The molecule has 0 saturated heterocycles. The van der Waals surface area contributed by atoms with Crippen LogP contribution < -0.4 is 4.74 Å². The van der Waals surface area contributed by atoms with E-state index in [4.69, 9.17) is 4.74 Å². The number of nitrogens with zero attached hydrogens (tertiary/aromatic N) is 3. The molecule has 0 atom stereocenters. The maximum atomic E-state index is 10.8. The standard InChI is InChI=1S/C17H13N3O3/c1-23-17-16(18-14-7-2-3-8-15(14)19-17)10-9-12-5-4-6-13(11-12)20(21)22/h2-11H,1H3. The third kappa shape index (κ3) is 3.16. The number of aromatic nitrogens is 2. The molecule has 23 heavy (non-hydrogen) atoms. The second-order valence-corrected chi connectivity index (χ2v) is 4.79. The minimum absolute atomic E-state index is 0.0451. The predicted octanol–water partition coefficient (Wildman–Crippen LogP) is 3.72. The lowest BCUT2D eigenvalue weighted by Gasteiger charge is -2.05. The SMILES string of the molecule is COc1nc2ccccc2nc1C=Cc1cccc([N+](=O)[O-])c1. The summed E-state index contributed by atoms with van der Waals surface area (Å²) in [6, 6.07) is 13.9. The second kappa shape index (κ2) is 6.23. The van der Waals surface area contributed by atoms with E-state index >= 15 is 0 Å². The number of nitro benzene ring substituents is 1. The van der Waals surface area contributed by atoms with Crippen LogP contribution in [0.3, 0.4) is 0 Å². The maximum Gasteiger partial charge on any atom is 0.270 e. The average molecular weight is 307 g/mol. The smallest absolute Gasteiger partial charge is 0.270 e. The highest BCUT2D eigenvalue weighted by Gasteiger charge is 2.07. The van der Waals surface area contributed by atoms with Gasteiger partial charge in [-0.25, -0.2) is 9.97 Å². The molecule has 0 aliphatic carbocycles. The van der Waals surface area contributed by atoms with E-state index in [0.717, 1.165) is 11.0 Å². The second-order valence-electron chi connectivity index (χ2n) is 4.79. The van der Waals surface area contributed by atoms with Gasteiger partial charge < -0.3 is 4.74 Å². The van der Waals surface area contributed by atoms with Gasteiger partial charge in [-0.3, -0.25) is 10.1 Å². The van der Waals surface area contributed by atoms with Crippen LogP contribution in [0.25, 0.3) is 23.2 Å². The van der Waals surface area contributed by atoms with E-state index in [1.54, 1.807) is 24.3 Å². The molecule has 0 spiro atoms. The van der Waals surface area contributed by atoms with Crippen molar-refractivity contribution in [3.8, 4) is 5.88 Å². The molecule has 3 aromatic rings. The van der Waals surface area contributed by atoms with Crippen LogP contribution in [0.1, 0.15) is 11.3 Å². The lowest BCUT2D eigenvalue weighted by molar-refractivity contribution is -0.384. The predicted molar refractivity (Wildman–Crippen MR) is 88.1 cm³/mol. The number of methoxy groups -OCH3 is 1. The number of ether oxygens (including phenoxy) is 1. The molecule has 0 amide bonds. The highest BCUT2D eigenvalue weighted by molar-refractivity contribution is 5.79. The number of non-ortho nitro benzene ring substituents is 1. The van der Waals surface area contributed by atoms with Gasteiger partial charge in [-0.15, -0.1) is 0 Å². The Labute approximate surface area is 132 Å². The van der Waals surface area contributed by atoms with Gasteiger partial charge in [-0.2, -0.15) is 0 Å². The molecule has 0 bridgehead atoms. The Balaban J connectivity index is 2.00. The quantitative estimate of drug-likeness (QED) is 0.542. The zero-order valence-corrected chi connectivity index (χ0v) is 12.3. The van der Waals surface area contributed by atoms with Crippen LogP contribution in [0.5, 0.6) is 5.88 Å². The molecule has 0 N–H and O–H groups in total. The Bertz CT molecular complexity index is 906. The van der Waals surface area contributed by atoms with Crippen molar-refractivity contribution in [2.75, 3.05) is 7.11 Å². The third-order valence-corrected chi connectivity index (χ3v) is 3.27. The number of fused-ring (bicyclic) bond motifs is 1. The van der Waals surface area contributed by atoms with Crippen molar-refractivity contribution in [1.29, 1.82) is 0 Å². The number of nitro groups is 1. The minimum Gasteiger partial charge on any atom is -0.479 e. The van der Waals surface area contributed by atoms with Crippen LogP contribution >= 0.6 is 0 Å². The molecule has 0 radical (unpaired) electrons.